The molecule has 0 spiro atoms. The Balaban J connectivity index is 1.80. The van der Waals surface area contributed by atoms with Crippen LogP contribution < -0.4 is 14.8 Å². The van der Waals surface area contributed by atoms with Crippen molar-refractivity contribution in [3.8, 4) is 11.5 Å². The average Bonchev–Trinajstić information content (AvgIpc) is 2.84. The number of rotatable bonds is 3. The fraction of sp³-hybridized carbons (Fsp3) is 0.571. The van der Waals surface area contributed by atoms with E-state index >= 15 is 0 Å². The number of hydrogen-bond acceptors (Lipinski definition) is 3. The fourth-order valence-corrected chi connectivity index (χ4v) is 2.74. The molecule has 17 heavy (non-hydrogen) atoms. The molecule has 1 N–H and O–H groups in total. The minimum atomic E-state index is 0.378. The monoisotopic (exact) mass is 233 g/mol. The molecule has 0 saturated heterocycles. The van der Waals surface area contributed by atoms with Crippen LogP contribution >= 0.6 is 0 Å². The molecule has 1 aromatic carbocycles. The number of ether oxygens (including phenoxy) is 2. The largest absolute Gasteiger partial charge is 0.454 e. The summed E-state index contributed by atoms with van der Waals surface area (Å²) in [6.07, 6.45) is 4.62. The zero-order valence-electron chi connectivity index (χ0n) is 10.3. The topological polar surface area (TPSA) is 30.5 Å². The van der Waals surface area contributed by atoms with Crippen molar-refractivity contribution in [1.29, 1.82) is 0 Å². The van der Waals surface area contributed by atoms with Crippen LogP contribution in [0.1, 0.15) is 30.9 Å². The van der Waals surface area contributed by atoms with E-state index in [0.29, 0.717) is 12.8 Å². The van der Waals surface area contributed by atoms with Gasteiger partial charge in [0.15, 0.2) is 11.5 Å². The average molecular weight is 233 g/mol. The maximum atomic E-state index is 5.57. The Kier molecular flexibility index (Phi) is 2.93. The van der Waals surface area contributed by atoms with Crippen LogP contribution in [0.3, 0.4) is 0 Å². The van der Waals surface area contributed by atoms with Gasteiger partial charge in [-0.25, -0.2) is 0 Å². The standard InChI is InChI=1S/C14H19NO2/c1-2-7-15-11-4-5-12-10(8-11)3-6-13-14(12)17-9-16-13/h3,6,11,15H,2,4-5,7-9H2,1H3/t11-/m0/s1. The predicted molar refractivity (Wildman–Crippen MR) is 66.7 cm³/mol. The predicted octanol–water partition coefficient (Wildman–Crippen LogP) is 2.27. The van der Waals surface area contributed by atoms with Gasteiger partial charge >= 0.3 is 0 Å². The van der Waals surface area contributed by atoms with Crippen LogP contribution in [0.4, 0.5) is 0 Å². The van der Waals surface area contributed by atoms with E-state index < -0.39 is 0 Å². The molecule has 0 aromatic heterocycles. The third-order valence-corrected chi connectivity index (χ3v) is 3.63. The molecular formula is C14H19NO2. The highest BCUT2D eigenvalue weighted by atomic mass is 16.7. The summed E-state index contributed by atoms with van der Waals surface area (Å²) in [5.74, 6) is 1.92. The van der Waals surface area contributed by atoms with Crippen LogP contribution in [-0.4, -0.2) is 19.4 Å². The Morgan fingerprint density at radius 3 is 3.18 bits per heavy atom. The summed E-state index contributed by atoms with van der Waals surface area (Å²) in [6, 6.07) is 4.87. The zero-order valence-corrected chi connectivity index (χ0v) is 10.3. The van der Waals surface area contributed by atoms with Crippen molar-refractivity contribution in [3.05, 3.63) is 23.3 Å². The van der Waals surface area contributed by atoms with Crippen LogP contribution in [0, 0.1) is 0 Å². The van der Waals surface area contributed by atoms with Crippen LogP contribution in [0.5, 0.6) is 11.5 Å². The van der Waals surface area contributed by atoms with Crippen molar-refractivity contribution in [2.75, 3.05) is 13.3 Å². The second-order valence-electron chi connectivity index (χ2n) is 4.83. The Hall–Kier alpha value is -1.22. The fourth-order valence-electron chi connectivity index (χ4n) is 2.74. The summed E-state index contributed by atoms with van der Waals surface area (Å²) in [5.41, 5.74) is 2.80. The minimum Gasteiger partial charge on any atom is -0.454 e. The molecule has 2 aliphatic rings. The third kappa shape index (κ3) is 2.00. The highest BCUT2D eigenvalue weighted by Crippen LogP contribution is 2.40. The van der Waals surface area contributed by atoms with Crippen molar-refractivity contribution in [3.63, 3.8) is 0 Å². The number of fused-ring (bicyclic) bond motifs is 3. The van der Waals surface area contributed by atoms with Gasteiger partial charge in [-0.3, -0.25) is 0 Å². The van der Waals surface area contributed by atoms with Gasteiger partial charge < -0.3 is 14.8 Å². The summed E-state index contributed by atoms with van der Waals surface area (Å²) in [5, 5.41) is 3.61. The molecule has 1 atom stereocenters. The Labute approximate surface area is 102 Å². The first-order valence-corrected chi connectivity index (χ1v) is 6.52. The van der Waals surface area contributed by atoms with Crippen LogP contribution in [0.25, 0.3) is 0 Å². The van der Waals surface area contributed by atoms with E-state index in [1.807, 2.05) is 6.07 Å². The molecule has 0 unspecified atom stereocenters. The zero-order chi connectivity index (χ0) is 11.7. The molecule has 3 rings (SSSR count). The van der Waals surface area contributed by atoms with E-state index in [1.54, 1.807) is 0 Å². The lowest BCUT2D eigenvalue weighted by molar-refractivity contribution is 0.173. The van der Waals surface area contributed by atoms with Gasteiger partial charge in [0, 0.05) is 11.6 Å². The van der Waals surface area contributed by atoms with E-state index in [4.69, 9.17) is 9.47 Å². The molecule has 0 bridgehead atoms. The molecule has 1 aliphatic heterocycles. The van der Waals surface area contributed by atoms with Gasteiger partial charge in [0.25, 0.3) is 0 Å². The minimum absolute atomic E-state index is 0.378. The van der Waals surface area contributed by atoms with Gasteiger partial charge in [0.2, 0.25) is 6.79 Å². The molecule has 0 fully saturated rings. The third-order valence-electron chi connectivity index (χ3n) is 3.63. The molecule has 0 saturated carbocycles. The first-order chi connectivity index (χ1) is 8.38. The van der Waals surface area contributed by atoms with Gasteiger partial charge in [0.05, 0.1) is 0 Å². The second kappa shape index (κ2) is 4.57. The maximum Gasteiger partial charge on any atom is 0.231 e. The van der Waals surface area contributed by atoms with E-state index in [0.717, 1.165) is 30.9 Å². The molecule has 1 aliphatic carbocycles. The lowest BCUT2D eigenvalue weighted by atomic mass is 9.87. The van der Waals surface area contributed by atoms with Crippen molar-refractivity contribution in [2.45, 2.75) is 38.6 Å². The Morgan fingerprint density at radius 1 is 1.35 bits per heavy atom. The van der Waals surface area contributed by atoms with Crippen molar-refractivity contribution in [2.24, 2.45) is 0 Å². The van der Waals surface area contributed by atoms with Gasteiger partial charge in [-0.1, -0.05) is 13.0 Å². The highest BCUT2D eigenvalue weighted by molar-refractivity contribution is 5.53. The van der Waals surface area contributed by atoms with Gasteiger partial charge in [0.1, 0.15) is 0 Å². The quantitative estimate of drug-likeness (QED) is 0.868. The lowest BCUT2D eigenvalue weighted by Gasteiger charge is -2.26. The maximum absolute atomic E-state index is 5.57. The van der Waals surface area contributed by atoms with E-state index in [9.17, 15) is 0 Å². The summed E-state index contributed by atoms with van der Waals surface area (Å²) in [4.78, 5) is 0. The Bertz CT molecular complexity index is 417. The summed E-state index contributed by atoms with van der Waals surface area (Å²) < 4.78 is 11.0. The van der Waals surface area contributed by atoms with Gasteiger partial charge in [-0.2, -0.15) is 0 Å². The number of nitrogens with one attached hydrogen (secondary N) is 1. The van der Waals surface area contributed by atoms with E-state index in [1.165, 1.54) is 24.0 Å². The normalized spacial score (nSPS) is 21.4. The van der Waals surface area contributed by atoms with Crippen molar-refractivity contribution < 1.29 is 9.47 Å². The molecule has 0 radical (unpaired) electrons. The Morgan fingerprint density at radius 2 is 2.29 bits per heavy atom. The van der Waals surface area contributed by atoms with Crippen LogP contribution in [-0.2, 0) is 12.8 Å². The van der Waals surface area contributed by atoms with Gasteiger partial charge in [-0.15, -0.1) is 0 Å². The SMILES string of the molecule is CCCN[C@H]1CCc2c(ccc3c2OCO3)C1. The molecule has 3 nitrogen and oxygen atoms in total. The van der Waals surface area contributed by atoms with Crippen molar-refractivity contribution >= 4 is 0 Å². The van der Waals surface area contributed by atoms with Crippen LogP contribution in [0.2, 0.25) is 0 Å². The second-order valence-corrected chi connectivity index (χ2v) is 4.83. The first kappa shape index (κ1) is 10.9. The molecule has 92 valence electrons. The summed E-state index contributed by atoms with van der Waals surface area (Å²) in [7, 11) is 0. The van der Waals surface area contributed by atoms with E-state index in [2.05, 4.69) is 18.3 Å². The van der Waals surface area contributed by atoms with Crippen molar-refractivity contribution in [1.82, 2.24) is 5.32 Å². The van der Waals surface area contributed by atoms with E-state index in [-0.39, 0.29) is 0 Å². The van der Waals surface area contributed by atoms with Gasteiger partial charge in [-0.05, 0) is 43.9 Å². The molecule has 3 heteroatoms. The smallest absolute Gasteiger partial charge is 0.231 e. The summed E-state index contributed by atoms with van der Waals surface area (Å²) >= 11 is 0. The first-order valence-electron chi connectivity index (χ1n) is 6.52. The number of benzene rings is 1. The molecular weight excluding hydrogens is 214 g/mol. The van der Waals surface area contributed by atoms with Crippen LogP contribution in [0.15, 0.2) is 12.1 Å². The molecule has 0 amide bonds. The summed E-state index contributed by atoms with van der Waals surface area (Å²) in [6.45, 7) is 3.70. The number of hydrogen-bond donors (Lipinski definition) is 1. The lowest BCUT2D eigenvalue weighted by Crippen LogP contribution is -2.35. The molecule has 1 heterocycles. The highest BCUT2D eigenvalue weighted by Gasteiger charge is 2.25. The molecule has 1 aromatic rings.